The van der Waals surface area contributed by atoms with Crippen LogP contribution in [0.4, 0.5) is 0 Å². The molecular formula is C16H19ClN2O. The van der Waals surface area contributed by atoms with Crippen molar-refractivity contribution in [1.82, 2.24) is 10.3 Å². The van der Waals surface area contributed by atoms with Crippen molar-refractivity contribution in [3.8, 4) is 11.6 Å². The van der Waals surface area contributed by atoms with Crippen LogP contribution in [-0.2, 0) is 6.54 Å². The first-order chi connectivity index (χ1) is 9.42. The minimum Gasteiger partial charge on any atom is -0.439 e. The van der Waals surface area contributed by atoms with Crippen molar-refractivity contribution in [2.75, 3.05) is 0 Å². The Labute approximate surface area is 124 Å². The zero-order chi connectivity index (χ0) is 14.6. The Balaban J connectivity index is 1.98. The average Bonchev–Trinajstić information content (AvgIpc) is 2.37. The van der Waals surface area contributed by atoms with Gasteiger partial charge < -0.3 is 10.1 Å². The molecule has 4 heteroatoms. The number of aromatic nitrogens is 1. The van der Waals surface area contributed by atoms with E-state index in [-0.39, 0.29) is 5.54 Å². The fourth-order valence-corrected chi connectivity index (χ4v) is 1.77. The normalized spacial score (nSPS) is 11.4. The third-order valence-electron chi connectivity index (χ3n) is 2.64. The van der Waals surface area contributed by atoms with Gasteiger partial charge in [0.05, 0.1) is 0 Å². The van der Waals surface area contributed by atoms with Crippen LogP contribution in [0, 0.1) is 0 Å². The maximum atomic E-state index is 5.91. The van der Waals surface area contributed by atoms with Crippen molar-refractivity contribution in [3.63, 3.8) is 0 Å². The molecule has 106 valence electrons. The van der Waals surface area contributed by atoms with E-state index < -0.39 is 0 Å². The molecule has 0 aliphatic heterocycles. The number of benzene rings is 1. The Kier molecular flexibility index (Phi) is 4.63. The summed E-state index contributed by atoms with van der Waals surface area (Å²) in [6.45, 7) is 7.19. The van der Waals surface area contributed by atoms with E-state index in [0.29, 0.717) is 16.7 Å². The fraction of sp³-hybridized carbons (Fsp3) is 0.312. The Morgan fingerprint density at radius 3 is 2.60 bits per heavy atom. The summed E-state index contributed by atoms with van der Waals surface area (Å²) < 4.78 is 5.64. The van der Waals surface area contributed by atoms with Crippen molar-refractivity contribution in [2.45, 2.75) is 32.9 Å². The van der Waals surface area contributed by atoms with Crippen LogP contribution in [0.1, 0.15) is 26.3 Å². The van der Waals surface area contributed by atoms with Crippen LogP contribution in [0.2, 0.25) is 5.02 Å². The summed E-state index contributed by atoms with van der Waals surface area (Å²) in [5.41, 5.74) is 1.22. The molecule has 0 unspecified atom stereocenters. The molecular weight excluding hydrogens is 272 g/mol. The van der Waals surface area contributed by atoms with Gasteiger partial charge in [-0.1, -0.05) is 23.7 Å². The van der Waals surface area contributed by atoms with E-state index >= 15 is 0 Å². The third kappa shape index (κ3) is 4.83. The summed E-state index contributed by atoms with van der Waals surface area (Å²) in [6.07, 6.45) is 1.82. The fourth-order valence-electron chi connectivity index (χ4n) is 1.59. The van der Waals surface area contributed by atoms with Crippen LogP contribution in [-0.4, -0.2) is 10.5 Å². The van der Waals surface area contributed by atoms with Crippen LogP contribution in [0.5, 0.6) is 11.6 Å². The highest BCUT2D eigenvalue weighted by molar-refractivity contribution is 6.30. The number of pyridine rings is 1. The van der Waals surface area contributed by atoms with Crippen molar-refractivity contribution < 1.29 is 4.74 Å². The predicted molar refractivity (Wildman–Crippen MR) is 82.4 cm³/mol. The molecule has 0 aliphatic rings. The first-order valence-electron chi connectivity index (χ1n) is 6.56. The van der Waals surface area contributed by atoms with Crippen molar-refractivity contribution in [3.05, 3.63) is 53.2 Å². The standard InChI is InChI=1S/C16H19ClN2O/c1-16(2,3)19-11-12-7-8-15(18-10-12)20-14-6-4-5-13(17)9-14/h4-10,19H,11H2,1-3H3. The minimum atomic E-state index is 0.0932. The second kappa shape index (κ2) is 6.25. The van der Waals surface area contributed by atoms with Gasteiger partial charge in [-0.2, -0.15) is 0 Å². The molecule has 1 N–H and O–H groups in total. The summed E-state index contributed by atoms with van der Waals surface area (Å²) in [6, 6.07) is 11.1. The summed E-state index contributed by atoms with van der Waals surface area (Å²) >= 11 is 5.91. The quantitative estimate of drug-likeness (QED) is 0.905. The molecule has 0 saturated heterocycles. The summed E-state index contributed by atoms with van der Waals surface area (Å²) in [5, 5.41) is 4.06. The highest BCUT2D eigenvalue weighted by atomic mass is 35.5. The van der Waals surface area contributed by atoms with Gasteiger partial charge in [-0.25, -0.2) is 4.98 Å². The van der Waals surface area contributed by atoms with Gasteiger partial charge in [-0.05, 0) is 44.5 Å². The number of halogens is 1. The molecule has 0 amide bonds. The average molecular weight is 291 g/mol. The lowest BCUT2D eigenvalue weighted by Gasteiger charge is -2.20. The largest absolute Gasteiger partial charge is 0.439 e. The second-order valence-corrected chi connectivity index (χ2v) is 6.10. The van der Waals surface area contributed by atoms with E-state index in [9.17, 15) is 0 Å². The molecule has 1 heterocycles. The lowest BCUT2D eigenvalue weighted by Crippen LogP contribution is -2.35. The topological polar surface area (TPSA) is 34.1 Å². The zero-order valence-electron chi connectivity index (χ0n) is 12.0. The highest BCUT2D eigenvalue weighted by Crippen LogP contribution is 2.22. The smallest absolute Gasteiger partial charge is 0.219 e. The molecule has 0 aliphatic carbocycles. The SMILES string of the molecule is CC(C)(C)NCc1ccc(Oc2cccc(Cl)c2)nc1. The molecule has 20 heavy (non-hydrogen) atoms. The predicted octanol–water partition coefficient (Wildman–Crippen LogP) is 4.42. The van der Waals surface area contributed by atoms with Crippen molar-refractivity contribution in [1.29, 1.82) is 0 Å². The van der Waals surface area contributed by atoms with E-state index in [4.69, 9.17) is 16.3 Å². The molecule has 0 fully saturated rings. The Morgan fingerprint density at radius 2 is 2.00 bits per heavy atom. The number of hydrogen-bond donors (Lipinski definition) is 1. The van der Waals surface area contributed by atoms with Gasteiger partial charge in [0.1, 0.15) is 5.75 Å². The Bertz CT molecular complexity index is 561. The molecule has 3 nitrogen and oxygen atoms in total. The molecule has 0 atom stereocenters. The molecule has 2 aromatic rings. The molecule has 1 aromatic carbocycles. The molecule has 0 radical (unpaired) electrons. The van der Waals surface area contributed by atoms with E-state index in [1.807, 2.05) is 36.5 Å². The number of nitrogens with one attached hydrogen (secondary N) is 1. The zero-order valence-corrected chi connectivity index (χ0v) is 12.7. The molecule has 0 saturated carbocycles. The van der Waals surface area contributed by atoms with E-state index in [2.05, 4.69) is 31.1 Å². The van der Waals surface area contributed by atoms with Crippen molar-refractivity contribution in [2.24, 2.45) is 0 Å². The van der Waals surface area contributed by atoms with Crippen LogP contribution in [0.3, 0.4) is 0 Å². The van der Waals surface area contributed by atoms with E-state index in [1.165, 1.54) is 0 Å². The molecule has 0 spiro atoms. The summed E-state index contributed by atoms with van der Waals surface area (Å²) in [5.74, 6) is 1.25. The maximum Gasteiger partial charge on any atom is 0.219 e. The van der Waals surface area contributed by atoms with Gasteiger partial charge in [0.25, 0.3) is 0 Å². The first kappa shape index (κ1) is 14.8. The summed E-state index contributed by atoms with van der Waals surface area (Å²) in [4.78, 5) is 4.30. The second-order valence-electron chi connectivity index (χ2n) is 5.67. The lowest BCUT2D eigenvalue weighted by atomic mass is 10.1. The van der Waals surface area contributed by atoms with Gasteiger partial charge in [-0.3, -0.25) is 0 Å². The third-order valence-corrected chi connectivity index (χ3v) is 2.87. The Hall–Kier alpha value is -1.58. The van der Waals surface area contributed by atoms with Crippen LogP contribution >= 0.6 is 11.6 Å². The van der Waals surface area contributed by atoms with Gasteiger partial charge in [0.15, 0.2) is 0 Å². The number of nitrogens with zero attached hydrogens (tertiary/aromatic N) is 1. The number of rotatable bonds is 4. The number of hydrogen-bond acceptors (Lipinski definition) is 3. The molecule has 0 bridgehead atoms. The molecule has 2 rings (SSSR count). The minimum absolute atomic E-state index is 0.0932. The van der Waals surface area contributed by atoms with Crippen molar-refractivity contribution >= 4 is 11.6 Å². The molecule has 1 aromatic heterocycles. The Morgan fingerprint density at radius 1 is 1.20 bits per heavy atom. The lowest BCUT2D eigenvalue weighted by molar-refractivity contribution is 0.423. The monoisotopic (exact) mass is 290 g/mol. The van der Waals surface area contributed by atoms with Gasteiger partial charge in [0, 0.05) is 29.4 Å². The van der Waals surface area contributed by atoms with E-state index in [1.54, 1.807) is 6.07 Å². The highest BCUT2D eigenvalue weighted by Gasteiger charge is 2.08. The van der Waals surface area contributed by atoms with Gasteiger partial charge >= 0.3 is 0 Å². The maximum absolute atomic E-state index is 5.91. The number of ether oxygens (including phenoxy) is 1. The van der Waals surface area contributed by atoms with Gasteiger partial charge in [-0.15, -0.1) is 0 Å². The summed E-state index contributed by atoms with van der Waals surface area (Å²) in [7, 11) is 0. The van der Waals surface area contributed by atoms with Gasteiger partial charge in [0.2, 0.25) is 5.88 Å². The van der Waals surface area contributed by atoms with E-state index in [0.717, 1.165) is 12.1 Å². The van der Waals surface area contributed by atoms with Crippen LogP contribution in [0.25, 0.3) is 0 Å². The first-order valence-corrected chi connectivity index (χ1v) is 6.93. The van der Waals surface area contributed by atoms with Crippen LogP contribution < -0.4 is 10.1 Å². The van der Waals surface area contributed by atoms with Crippen LogP contribution in [0.15, 0.2) is 42.6 Å².